The van der Waals surface area contributed by atoms with E-state index in [0.717, 1.165) is 6.20 Å². The van der Waals surface area contributed by atoms with E-state index in [9.17, 15) is 4.39 Å². The Kier molecular flexibility index (Phi) is 2.36. The Hall–Kier alpha value is -1.56. The van der Waals surface area contributed by atoms with Gasteiger partial charge >= 0.3 is 0 Å². The average Bonchev–Trinajstić information content (AvgIpc) is 2.51. The first kappa shape index (κ1) is 9.97. The molecule has 2 rings (SSSR count). The predicted molar refractivity (Wildman–Crippen MR) is 51.7 cm³/mol. The molecule has 0 amide bonds. The maximum Gasteiger partial charge on any atom is 0.223 e. The van der Waals surface area contributed by atoms with Gasteiger partial charge in [0.1, 0.15) is 11.4 Å². The van der Waals surface area contributed by atoms with E-state index in [1.165, 1.54) is 4.68 Å². The van der Waals surface area contributed by atoms with Crippen molar-refractivity contribution in [3.63, 3.8) is 0 Å². The standard InChI is InChI=1S/C8H7ClFN5/c1-4-7(15(2)14-13-4)6-5(10)3-11-8(9)12-6/h3H,1-2H3. The van der Waals surface area contributed by atoms with Gasteiger partial charge in [-0.05, 0) is 18.5 Å². The monoisotopic (exact) mass is 227 g/mol. The van der Waals surface area contributed by atoms with Crippen molar-refractivity contribution in [3.8, 4) is 11.4 Å². The van der Waals surface area contributed by atoms with Gasteiger partial charge in [-0.15, -0.1) is 5.10 Å². The molecule has 0 aliphatic heterocycles. The Morgan fingerprint density at radius 3 is 2.80 bits per heavy atom. The quantitative estimate of drug-likeness (QED) is 0.691. The van der Waals surface area contributed by atoms with Crippen molar-refractivity contribution in [2.75, 3.05) is 0 Å². The van der Waals surface area contributed by atoms with Gasteiger partial charge in [0.05, 0.1) is 11.9 Å². The van der Waals surface area contributed by atoms with Crippen LogP contribution in [0.1, 0.15) is 5.69 Å². The minimum absolute atomic E-state index is 0.00741. The second-order valence-electron chi connectivity index (χ2n) is 2.98. The number of nitrogens with zero attached hydrogens (tertiary/aromatic N) is 5. The van der Waals surface area contributed by atoms with Crippen LogP contribution in [0, 0.1) is 12.7 Å². The Labute approximate surface area is 89.9 Å². The Morgan fingerprint density at radius 2 is 2.20 bits per heavy atom. The lowest BCUT2D eigenvalue weighted by Crippen LogP contribution is -2.00. The molecule has 2 aromatic rings. The van der Waals surface area contributed by atoms with Crippen LogP contribution < -0.4 is 0 Å². The van der Waals surface area contributed by atoms with Crippen molar-refractivity contribution in [1.82, 2.24) is 25.0 Å². The Morgan fingerprint density at radius 1 is 1.47 bits per heavy atom. The van der Waals surface area contributed by atoms with E-state index >= 15 is 0 Å². The highest BCUT2D eigenvalue weighted by Crippen LogP contribution is 2.22. The summed E-state index contributed by atoms with van der Waals surface area (Å²) in [7, 11) is 1.66. The van der Waals surface area contributed by atoms with Crippen LogP contribution in [0.4, 0.5) is 4.39 Å². The van der Waals surface area contributed by atoms with Crippen LogP contribution in [0.2, 0.25) is 5.28 Å². The average molecular weight is 228 g/mol. The van der Waals surface area contributed by atoms with Crippen molar-refractivity contribution in [2.24, 2.45) is 7.05 Å². The zero-order valence-corrected chi connectivity index (χ0v) is 8.83. The SMILES string of the molecule is Cc1nnn(C)c1-c1nc(Cl)ncc1F. The Balaban J connectivity index is 2.68. The molecule has 78 valence electrons. The molecule has 0 N–H and O–H groups in total. The topological polar surface area (TPSA) is 56.5 Å². The number of aryl methyl sites for hydroxylation is 2. The van der Waals surface area contributed by atoms with E-state index in [0.29, 0.717) is 11.4 Å². The van der Waals surface area contributed by atoms with E-state index in [1.807, 2.05) is 0 Å². The second-order valence-corrected chi connectivity index (χ2v) is 3.32. The minimum atomic E-state index is -0.548. The van der Waals surface area contributed by atoms with Crippen LogP contribution in [0.3, 0.4) is 0 Å². The first-order valence-electron chi connectivity index (χ1n) is 4.14. The van der Waals surface area contributed by atoms with Gasteiger partial charge in [0, 0.05) is 7.05 Å². The number of halogens is 2. The van der Waals surface area contributed by atoms with Crippen molar-refractivity contribution < 1.29 is 4.39 Å². The van der Waals surface area contributed by atoms with Crippen LogP contribution in [-0.2, 0) is 7.05 Å². The van der Waals surface area contributed by atoms with Crippen molar-refractivity contribution >= 4 is 11.6 Å². The molecule has 2 aromatic heterocycles. The van der Waals surface area contributed by atoms with Gasteiger partial charge in [-0.25, -0.2) is 19.0 Å². The van der Waals surface area contributed by atoms with Gasteiger partial charge in [-0.2, -0.15) is 0 Å². The third kappa shape index (κ3) is 1.68. The van der Waals surface area contributed by atoms with Gasteiger partial charge in [-0.3, -0.25) is 0 Å². The van der Waals surface area contributed by atoms with Crippen LogP contribution in [0.15, 0.2) is 6.20 Å². The predicted octanol–water partition coefficient (Wildman–Crippen LogP) is 1.37. The van der Waals surface area contributed by atoms with Gasteiger partial charge in [0.2, 0.25) is 5.28 Å². The van der Waals surface area contributed by atoms with Gasteiger partial charge < -0.3 is 0 Å². The van der Waals surface area contributed by atoms with Gasteiger partial charge in [0.25, 0.3) is 0 Å². The highest BCUT2D eigenvalue weighted by Gasteiger charge is 2.16. The van der Waals surface area contributed by atoms with Crippen molar-refractivity contribution in [2.45, 2.75) is 6.92 Å². The zero-order chi connectivity index (χ0) is 11.0. The minimum Gasteiger partial charge on any atom is -0.246 e. The van der Waals surface area contributed by atoms with E-state index in [2.05, 4.69) is 20.3 Å². The molecule has 0 atom stereocenters. The summed E-state index contributed by atoms with van der Waals surface area (Å²) in [6, 6.07) is 0. The molecule has 7 heteroatoms. The summed E-state index contributed by atoms with van der Waals surface area (Å²) >= 11 is 5.60. The van der Waals surface area contributed by atoms with E-state index in [1.54, 1.807) is 14.0 Å². The molecule has 0 bridgehead atoms. The summed E-state index contributed by atoms with van der Waals surface area (Å²) in [6.07, 6.45) is 1.02. The summed E-state index contributed by atoms with van der Waals surface area (Å²) < 4.78 is 14.9. The molecule has 0 radical (unpaired) electrons. The van der Waals surface area contributed by atoms with Crippen LogP contribution in [0.5, 0.6) is 0 Å². The molecule has 0 unspecified atom stereocenters. The normalized spacial score (nSPS) is 10.7. The van der Waals surface area contributed by atoms with E-state index in [4.69, 9.17) is 11.6 Å². The molecule has 0 aliphatic rings. The second kappa shape index (κ2) is 3.54. The molecule has 0 aromatic carbocycles. The van der Waals surface area contributed by atoms with Crippen molar-refractivity contribution in [3.05, 3.63) is 23.0 Å². The fourth-order valence-corrected chi connectivity index (χ4v) is 1.43. The summed E-state index contributed by atoms with van der Waals surface area (Å²) in [6.45, 7) is 1.72. The van der Waals surface area contributed by atoms with Crippen LogP contribution in [-0.4, -0.2) is 25.0 Å². The first-order valence-corrected chi connectivity index (χ1v) is 4.52. The van der Waals surface area contributed by atoms with Crippen LogP contribution >= 0.6 is 11.6 Å². The maximum atomic E-state index is 13.4. The zero-order valence-electron chi connectivity index (χ0n) is 8.07. The molecule has 0 spiro atoms. The lowest BCUT2D eigenvalue weighted by atomic mass is 10.2. The lowest BCUT2D eigenvalue weighted by Gasteiger charge is -2.02. The molecule has 15 heavy (non-hydrogen) atoms. The van der Waals surface area contributed by atoms with Crippen LogP contribution in [0.25, 0.3) is 11.4 Å². The number of hydrogen-bond acceptors (Lipinski definition) is 4. The van der Waals surface area contributed by atoms with E-state index < -0.39 is 5.82 Å². The molecule has 0 aliphatic carbocycles. The molecule has 2 heterocycles. The summed E-state index contributed by atoms with van der Waals surface area (Å²) in [4.78, 5) is 7.35. The molecule has 5 nitrogen and oxygen atoms in total. The molecular weight excluding hydrogens is 221 g/mol. The molecular formula is C8H7ClFN5. The highest BCUT2D eigenvalue weighted by atomic mass is 35.5. The Bertz CT molecular complexity index is 490. The summed E-state index contributed by atoms with van der Waals surface area (Å²) in [5.74, 6) is -0.548. The third-order valence-corrected chi connectivity index (χ3v) is 2.12. The maximum absolute atomic E-state index is 13.4. The fraction of sp³-hybridized carbons (Fsp3) is 0.250. The smallest absolute Gasteiger partial charge is 0.223 e. The number of aromatic nitrogens is 5. The molecule has 0 saturated carbocycles. The highest BCUT2D eigenvalue weighted by molar-refractivity contribution is 6.28. The summed E-state index contributed by atoms with van der Waals surface area (Å²) in [5, 5.41) is 7.56. The van der Waals surface area contributed by atoms with E-state index in [-0.39, 0.29) is 11.0 Å². The third-order valence-electron chi connectivity index (χ3n) is 1.93. The van der Waals surface area contributed by atoms with Gasteiger partial charge in [0.15, 0.2) is 5.82 Å². The largest absolute Gasteiger partial charge is 0.246 e. The first-order chi connectivity index (χ1) is 7.09. The number of rotatable bonds is 1. The lowest BCUT2D eigenvalue weighted by molar-refractivity contribution is 0.613. The number of hydrogen-bond donors (Lipinski definition) is 0. The van der Waals surface area contributed by atoms with Crippen molar-refractivity contribution in [1.29, 1.82) is 0 Å². The fourth-order valence-electron chi connectivity index (χ4n) is 1.30. The summed E-state index contributed by atoms with van der Waals surface area (Å²) in [5.41, 5.74) is 1.20. The van der Waals surface area contributed by atoms with Gasteiger partial charge in [-0.1, -0.05) is 5.21 Å². The molecule has 0 fully saturated rings. The molecule has 0 saturated heterocycles.